The van der Waals surface area contributed by atoms with E-state index in [-0.39, 0.29) is 0 Å². The van der Waals surface area contributed by atoms with Crippen LogP contribution in [-0.4, -0.2) is 68.5 Å². The molecule has 1 saturated heterocycles. The molecule has 7 heteroatoms. The van der Waals surface area contributed by atoms with Gasteiger partial charge in [0, 0.05) is 44.5 Å². The van der Waals surface area contributed by atoms with Crippen LogP contribution in [-0.2, 0) is 17.6 Å². The molecule has 2 aromatic rings. The molecule has 1 aliphatic heterocycles. The Balaban J connectivity index is 1.65. The first-order valence-electron chi connectivity index (χ1n) is 10.7. The van der Waals surface area contributed by atoms with Crippen LogP contribution in [0, 0.1) is 0 Å². The average molecular weight is 401 g/mol. The van der Waals surface area contributed by atoms with Gasteiger partial charge in [-0.1, -0.05) is 0 Å². The smallest absolute Gasteiger partial charge is 0.257 e. The fourth-order valence-corrected chi connectivity index (χ4v) is 4.48. The van der Waals surface area contributed by atoms with Gasteiger partial charge in [0.15, 0.2) is 5.75 Å². The highest BCUT2D eigenvalue weighted by Crippen LogP contribution is 2.37. The van der Waals surface area contributed by atoms with E-state index in [1.165, 1.54) is 24.1 Å². The molecular weight excluding hydrogens is 368 g/mol. The molecule has 0 amide bonds. The summed E-state index contributed by atoms with van der Waals surface area (Å²) in [4.78, 5) is 12.2. The topological polar surface area (TPSA) is 68.7 Å². The summed E-state index contributed by atoms with van der Waals surface area (Å²) in [5.74, 6) is 1.13. The number of ether oxygens (including phenoxy) is 3. The van der Waals surface area contributed by atoms with Crippen LogP contribution in [0.3, 0.4) is 0 Å². The van der Waals surface area contributed by atoms with Gasteiger partial charge >= 0.3 is 0 Å². The number of rotatable bonds is 7. The van der Waals surface area contributed by atoms with Crippen LogP contribution in [0.25, 0.3) is 11.0 Å². The zero-order valence-corrected chi connectivity index (χ0v) is 17.8. The summed E-state index contributed by atoms with van der Waals surface area (Å²) in [6.07, 6.45) is 6.74. The lowest BCUT2D eigenvalue weighted by Gasteiger charge is -2.33. The van der Waals surface area contributed by atoms with Crippen LogP contribution in [0.5, 0.6) is 11.6 Å². The molecule has 0 spiro atoms. The third-order valence-electron chi connectivity index (χ3n) is 6.13. The van der Waals surface area contributed by atoms with Gasteiger partial charge < -0.3 is 24.4 Å². The zero-order chi connectivity index (χ0) is 20.2. The largest absolute Gasteiger partial charge is 0.491 e. The molecule has 4 rings (SSSR count). The van der Waals surface area contributed by atoms with Crippen LogP contribution < -0.4 is 14.8 Å². The number of hydrogen-bond acceptors (Lipinski definition) is 7. The first kappa shape index (κ1) is 20.2. The van der Waals surface area contributed by atoms with E-state index in [0.29, 0.717) is 17.7 Å². The van der Waals surface area contributed by atoms with Crippen LogP contribution in [0.2, 0.25) is 0 Å². The fraction of sp³-hybridized carbons (Fsp3) is 0.636. The summed E-state index contributed by atoms with van der Waals surface area (Å²) in [6, 6.07) is 2.40. The van der Waals surface area contributed by atoms with Gasteiger partial charge in [0.05, 0.1) is 32.0 Å². The van der Waals surface area contributed by atoms with Crippen molar-refractivity contribution in [1.82, 2.24) is 14.9 Å². The lowest BCUT2D eigenvalue weighted by molar-refractivity contribution is 0.132. The number of hydrogen-bond donors (Lipinski definition) is 1. The lowest BCUT2D eigenvalue weighted by Crippen LogP contribution is -2.40. The molecule has 1 aliphatic carbocycles. The highest BCUT2D eigenvalue weighted by molar-refractivity contribution is 5.91. The number of fused-ring (bicyclic) bond motifs is 2. The summed E-state index contributed by atoms with van der Waals surface area (Å²) in [5, 5.41) is 3.86. The third kappa shape index (κ3) is 4.26. The molecule has 29 heavy (non-hydrogen) atoms. The van der Waals surface area contributed by atoms with Crippen LogP contribution in [0.1, 0.15) is 36.9 Å². The highest BCUT2D eigenvalue weighted by Gasteiger charge is 2.25. The minimum absolute atomic E-state index is 0.445. The van der Waals surface area contributed by atoms with E-state index in [0.717, 1.165) is 68.6 Å². The molecular formula is C22H32N4O3. The van der Waals surface area contributed by atoms with E-state index >= 15 is 0 Å². The zero-order valence-electron chi connectivity index (χ0n) is 17.8. The maximum atomic E-state index is 5.47. The predicted molar refractivity (Wildman–Crippen MR) is 114 cm³/mol. The summed E-state index contributed by atoms with van der Waals surface area (Å²) in [5.41, 5.74) is 5.47. The molecule has 0 radical (unpaired) electrons. The number of aryl methyl sites for hydroxylation is 1. The molecule has 0 saturated carbocycles. The molecule has 3 heterocycles. The number of likely N-dealkylation sites (tertiary alicyclic amines) is 1. The van der Waals surface area contributed by atoms with E-state index < -0.39 is 0 Å². The number of piperidine rings is 1. The molecule has 158 valence electrons. The van der Waals surface area contributed by atoms with E-state index in [9.17, 15) is 0 Å². The SMILES string of the molecule is COCCN1CCC(Nc2c3c(nc4cc(OC)c(OC)nc24)CCCC3)CC1. The van der Waals surface area contributed by atoms with E-state index in [4.69, 9.17) is 24.2 Å². The van der Waals surface area contributed by atoms with Crippen molar-refractivity contribution < 1.29 is 14.2 Å². The van der Waals surface area contributed by atoms with Crippen molar-refractivity contribution in [1.29, 1.82) is 0 Å². The second-order valence-corrected chi connectivity index (χ2v) is 7.94. The van der Waals surface area contributed by atoms with Crippen molar-refractivity contribution in [3.05, 3.63) is 17.3 Å². The predicted octanol–water partition coefficient (Wildman–Crippen LogP) is 3.05. The number of nitrogens with one attached hydrogen (secondary N) is 1. The van der Waals surface area contributed by atoms with Crippen LogP contribution >= 0.6 is 0 Å². The van der Waals surface area contributed by atoms with Gasteiger partial charge in [0.2, 0.25) is 0 Å². The number of pyridine rings is 2. The second-order valence-electron chi connectivity index (χ2n) is 7.94. The molecule has 0 atom stereocenters. The molecule has 2 aliphatic rings. The molecule has 0 aromatic carbocycles. The lowest BCUT2D eigenvalue weighted by atomic mass is 9.93. The molecule has 0 unspecified atom stereocenters. The van der Waals surface area contributed by atoms with Crippen molar-refractivity contribution in [2.45, 2.75) is 44.6 Å². The Morgan fingerprint density at radius 3 is 2.59 bits per heavy atom. The third-order valence-corrected chi connectivity index (χ3v) is 6.13. The van der Waals surface area contributed by atoms with Gasteiger partial charge in [-0.3, -0.25) is 4.98 Å². The maximum absolute atomic E-state index is 5.47. The van der Waals surface area contributed by atoms with Crippen molar-refractivity contribution >= 4 is 16.7 Å². The molecule has 2 aromatic heterocycles. The minimum Gasteiger partial charge on any atom is -0.491 e. The summed E-state index contributed by atoms with van der Waals surface area (Å²) in [6.45, 7) is 4.00. The Labute approximate surface area is 172 Å². The minimum atomic E-state index is 0.445. The maximum Gasteiger partial charge on any atom is 0.257 e. The normalized spacial score (nSPS) is 17.9. The van der Waals surface area contributed by atoms with Crippen molar-refractivity contribution in [2.75, 3.05) is 52.9 Å². The standard InChI is InChI=1S/C22H32N4O3/c1-27-13-12-26-10-8-15(9-11-26)23-20-16-6-4-5-7-17(16)24-18-14-19(28-2)22(29-3)25-21(18)20/h14-15H,4-13H2,1-3H3,(H,23,24). The van der Waals surface area contributed by atoms with E-state index in [1.54, 1.807) is 21.3 Å². The second kappa shape index (κ2) is 9.13. The molecule has 1 fully saturated rings. The van der Waals surface area contributed by atoms with Gasteiger partial charge in [-0.15, -0.1) is 0 Å². The quantitative estimate of drug-likeness (QED) is 0.766. The first-order valence-corrected chi connectivity index (χ1v) is 10.7. The summed E-state index contributed by atoms with van der Waals surface area (Å²) < 4.78 is 16.2. The molecule has 1 N–H and O–H groups in total. The van der Waals surface area contributed by atoms with Gasteiger partial charge in [0.25, 0.3) is 5.88 Å². The van der Waals surface area contributed by atoms with Crippen molar-refractivity contribution in [2.24, 2.45) is 0 Å². The highest BCUT2D eigenvalue weighted by atomic mass is 16.5. The Kier molecular flexibility index (Phi) is 6.35. The molecule has 0 bridgehead atoms. The van der Waals surface area contributed by atoms with Crippen LogP contribution in [0.15, 0.2) is 6.07 Å². The Morgan fingerprint density at radius 1 is 1.07 bits per heavy atom. The Morgan fingerprint density at radius 2 is 1.86 bits per heavy atom. The number of aromatic nitrogens is 2. The average Bonchev–Trinajstić information content (AvgIpc) is 2.77. The molecule has 7 nitrogen and oxygen atoms in total. The van der Waals surface area contributed by atoms with Gasteiger partial charge in [0.1, 0.15) is 5.52 Å². The van der Waals surface area contributed by atoms with Crippen LogP contribution in [0.4, 0.5) is 5.69 Å². The first-order chi connectivity index (χ1) is 14.2. The fourth-order valence-electron chi connectivity index (χ4n) is 4.48. The Hall–Kier alpha value is -2.12. The number of methoxy groups -OCH3 is 3. The summed E-state index contributed by atoms with van der Waals surface area (Å²) in [7, 11) is 5.04. The van der Waals surface area contributed by atoms with E-state index in [2.05, 4.69) is 10.2 Å². The Bertz CT molecular complexity index is 845. The van der Waals surface area contributed by atoms with Crippen molar-refractivity contribution in [3.8, 4) is 11.6 Å². The summed E-state index contributed by atoms with van der Waals surface area (Å²) >= 11 is 0. The number of anilines is 1. The van der Waals surface area contributed by atoms with Crippen molar-refractivity contribution in [3.63, 3.8) is 0 Å². The van der Waals surface area contributed by atoms with Gasteiger partial charge in [-0.2, -0.15) is 0 Å². The monoisotopic (exact) mass is 400 g/mol. The van der Waals surface area contributed by atoms with Gasteiger partial charge in [-0.25, -0.2) is 4.98 Å². The van der Waals surface area contributed by atoms with Gasteiger partial charge in [-0.05, 0) is 44.1 Å². The van der Waals surface area contributed by atoms with E-state index in [1.807, 2.05) is 6.07 Å². The number of nitrogens with zero attached hydrogens (tertiary/aromatic N) is 3.